The highest BCUT2D eigenvalue weighted by molar-refractivity contribution is 7.17. The summed E-state index contributed by atoms with van der Waals surface area (Å²) in [6.07, 6.45) is 0.723. The molecule has 0 saturated heterocycles. The SMILES string of the molecule is COc1cc(C(=O)Nc2sc3c(c2C(N)=O)CCN(C)C3)cc(OC)c1OC. The largest absolute Gasteiger partial charge is 0.493 e. The van der Waals surface area contributed by atoms with Crippen LogP contribution in [0, 0.1) is 0 Å². The molecule has 3 N–H and O–H groups in total. The number of benzene rings is 1. The lowest BCUT2D eigenvalue weighted by Crippen LogP contribution is -2.27. The van der Waals surface area contributed by atoms with Crippen molar-refractivity contribution in [2.45, 2.75) is 13.0 Å². The minimum atomic E-state index is -0.540. The third kappa shape index (κ3) is 3.63. The van der Waals surface area contributed by atoms with Gasteiger partial charge in [-0.1, -0.05) is 0 Å². The fourth-order valence-electron chi connectivity index (χ4n) is 3.27. The van der Waals surface area contributed by atoms with Crippen LogP contribution < -0.4 is 25.3 Å². The molecule has 0 spiro atoms. The van der Waals surface area contributed by atoms with Crippen LogP contribution in [0.25, 0.3) is 0 Å². The number of nitrogens with two attached hydrogens (primary N) is 1. The Morgan fingerprint density at radius 3 is 2.32 bits per heavy atom. The molecule has 0 aliphatic carbocycles. The van der Waals surface area contributed by atoms with E-state index in [-0.39, 0.29) is 0 Å². The van der Waals surface area contributed by atoms with Crippen molar-refractivity contribution >= 4 is 28.2 Å². The first-order valence-corrected chi connectivity index (χ1v) is 9.45. The number of nitrogens with one attached hydrogen (secondary N) is 1. The van der Waals surface area contributed by atoms with Gasteiger partial charge in [0.1, 0.15) is 5.00 Å². The van der Waals surface area contributed by atoms with Crippen molar-refractivity contribution in [2.75, 3.05) is 40.2 Å². The minimum Gasteiger partial charge on any atom is -0.493 e. The van der Waals surface area contributed by atoms with Crippen LogP contribution in [0.4, 0.5) is 5.00 Å². The Labute approximate surface area is 167 Å². The Morgan fingerprint density at radius 2 is 1.79 bits per heavy atom. The zero-order chi connectivity index (χ0) is 20.4. The maximum absolute atomic E-state index is 12.9. The normalized spacial score (nSPS) is 13.6. The molecular formula is C19H23N3O5S. The maximum Gasteiger partial charge on any atom is 0.256 e. The van der Waals surface area contributed by atoms with Crippen LogP contribution in [0.5, 0.6) is 17.2 Å². The van der Waals surface area contributed by atoms with Gasteiger partial charge in [0.05, 0.1) is 26.9 Å². The number of thiophene rings is 1. The number of nitrogens with zero attached hydrogens (tertiary/aromatic N) is 1. The number of primary amides is 1. The smallest absolute Gasteiger partial charge is 0.256 e. The lowest BCUT2D eigenvalue weighted by atomic mass is 10.0. The summed E-state index contributed by atoms with van der Waals surface area (Å²) in [6, 6.07) is 3.11. The molecule has 9 heteroatoms. The fourth-order valence-corrected chi connectivity index (χ4v) is 4.60. The Morgan fingerprint density at radius 1 is 1.14 bits per heavy atom. The van der Waals surface area contributed by atoms with E-state index in [1.807, 2.05) is 7.05 Å². The summed E-state index contributed by atoms with van der Waals surface area (Å²) in [5, 5.41) is 3.29. The third-order valence-corrected chi connectivity index (χ3v) is 5.78. The first kappa shape index (κ1) is 20.0. The average molecular weight is 405 g/mol. The Bertz CT molecular complexity index is 900. The number of likely N-dealkylation sites (N-methyl/N-ethyl adjacent to an activating group) is 1. The standard InChI is InChI=1S/C19H23N3O5S/c1-22-6-5-11-14(9-22)28-19(15(11)17(20)23)21-18(24)10-7-12(25-2)16(27-4)13(8-10)26-3/h7-8H,5-6,9H2,1-4H3,(H2,20,23)(H,21,24). The molecule has 2 aromatic rings. The topological polar surface area (TPSA) is 103 Å². The second kappa shape index (κ2) is 8.07. The van der Waals surface area contributed by atoms with Crippen molar-refractivity contribution in [3.05, 3.63) is 33.7 Å². The van der Waals surface area contributed by atoms with E-state index in [0.29, 0.717) is 33.4 Å². The van der Waals surface area contributed by atoms with Gasteiger partial charge in [-0.25, -0.2) is 0 Å². The number of carbonyl (C=O) groups excluding carboxylic acids is 2. The lowest BCUT2D eigenvalue weighted by molar-refractivity contribution is 0.1000. The molecule has 150 valence electrons. The Kier molecular flexibility index (Phi) is 5.76. The van der Waals surface area contributed by atoms with E-state index in [1.165, 1.54) is 32.7 Å². The van der Waals surface area contributed by atoms with Gasteiger partial charge >= 0.3 is 0 Å². The number of carbonyl (C=O) groups is 2. The van der Waals surface area contributed by atoms with Gasteiger partial charge in [-0.3, -0.25) is 9.59 Å². The number of hydrogen-bond acceptors (Lipinski definition) is 7. The van der Waals surface area contributed by atoms with Gasteiger partial charge in [-0.15, -0.1) is 11.3 Å². The van der Waals surface area contributed by atoms with E-state index >= 15 is 0 Å². The molecule has 1 aliphatic heterocycles. The molecule has 0 unspecified atom stereocenters. The van der Waals surface area contributed by atoms with E-state index in [9.17, 15) is 9.59 Å². The second-order valence-corrected chi connectivity index (χ2v) is 7.53. The summed E-state index contributed by atoms with van der Waals surface area (Å²) in [4.78, 5) is 28.1. The van der Waals surface area contributed by atoms with Crippen molar-refractivity contribution in [1.82, 2.24) is 4.90 Å². The summed E-state index contributed by atoms with van der Waals surface area (Å²) >= 11 is 1.38. The molecule has 1 aromatic carbocycles. The van der Waals surface area contributed by atoms with Crippen LogP contribution in [-0.2, 0) is 13.0 Å². The van der Waals surface area contributed by atoms with Gasteiger partial charge in [-0.2, -0.15) is 0 Å². The average Bonchev–Trinajstić information content (AvgIpc) is 3.03. The minimum absolute atomic E-state index is 0.313. The van der Waals surface area contributed by atoms with E-state index in [1.54, 1.807) is 12.1 Å². The highest BCUT2D eigenvalue weighted by Gasteiger charge is 2.27. The maximum atomic E-state index is 12.9. The molecule has 8 nitrogen and oxygen atoms in total. The van der Waals surface area contributed by atoms with Gasteiger partial charge in [0, 0.05) is 23.5 Å². The third-order valence-electron chi connectivity index (χ3n) is 4.65. The number of methoxy groups -OCH3 is 3. The monoisotopic (exact) mass is 405 g/mol. The van der Waals surface area contributed by atoms with Crippen molar-refractivity contribution in [3.8, 4) is 17.2 Å². The van der Waals surface area contributed by atoms with E-state index in [4.69, 9.17) is 19.9 Å². The summed E-state index contributed by atoms with van der Waals surface area (Å²) in [5.41, 5.74) is 7.24. The van der Waals surface area contributed by atoms with Crippen molar-refractivity contribution in [1.29, 1.82) is 0 Å². The molecule has 0 radical (unpaired) electrons. The van der Waals surface area contributed by atoms with Crippen molar-refractivity contribution < 1.29 is 23.8 Å². The van der Waals surface area contributed by atoms with Gasteiger partial charge in [0.15, 0.2) is 11.5 Å². The van der Waals surface area contributed by atoms with Crippen LogP contribution in [-0.4, -0.2) is 51.6 Å². The van der Waals surface area contributed by atoms with Gasteiger partial charge in [-0.05, 0) is 31.2 Å². The second-order valence-electron chi connectivity index (χ2n) is 6.43. The first-order valence-electron chi connectivity index (χ1n) is 8.63. The molecule has 1 aliphatic rings. The summed E-state index contributed by atoms with van der Waals surface area (Å²) in [7, 11) is 6.47. The van der Waals surface area contributed by atoms with Crippen molar-refractivity contribution in [3.63, 3.8) is 0 Å². The predicted molar refractivity (Wildman–Crippen MR) is 107 cm³/mol. The van der Waals surface area contributed by atoms with Crippen LogP contribution >= 0.6 is 11.3 Å². The van der Waals surface area contributed by atoms with E-state index < -0.39 is 11.8 Å². The van der Waals surface area contributed by atoms with E-state index in [2.05, 4.69) is 10.2 Å². The molecule has 0 atom stereocenters. The predicted octanol–water partition coefficient (Wildman–Crippen LogP) is 2.11. The molecule has 0 saturated carbocycles. The molecule has 28 heavy (non-hydrogen) atoms. The fraction of sp³-hybridized carbons (Fsp3) is 0.368. The van der Waals surface area contributed by atoms with Crippen molar-refractivity contribution in [2.24, 2.45) is 5.73 Å². The number of amides is 2. The van der Waals surface area contributed by atoms with Gasteiger partial charge < -0.3 is 30.2 Å². The van der Waals surface area contributed by atoms with Crippen LogP contribution in [0.2, 0.25) is 0 Å². The molecule has 3 rings (SSSR count). The molecule has 2 heterocycles. The van der Waals surface area contributed by atoms with Gasteiger partial charge in [0.25, 0.3) is 11.8 Å². The van der Waals surface area contributed by atoms with Crippen LogP contribution in [0.3, 0.4) is 0 Å². The number of anilines is 1. The molecule has 2 amide bonds. The zero-order valence-electron chi connectivity index (χ0n) is 16.3. The number of fused-ring (bicyclic) bond motifs is 1. The lowest BCUT2D eigenvalue weighted by Gasteiger charge is -2.22. The Hall–Kier alpha value is -2.78. The molecule has 0 bridgehead atoms. The number of ether oxygens (including phenoxy) is 3. The molecule has 0 fully saturated rings. The molecular weight excluding hydrogens is 382 g/mol. The highest BCUT2D eigenvalue weighted by Crippen LogP contribution is 2.40. The van der Waals surface area contributed by atoms with Crippen LogP contribution in [0.1, 0.15) is 31.2 Å². The summed E-state index contributed by atoms with van der Waals surface area (Å²) in [5.74, 6) is 0.202. The highest BCUT2D eigenvalue weighted by atomic mass is 32.1. The summed E-state index contributed by atoms with van der Waals surface area (Å²) in [6.45, 7) is 1.56. The quantitative estimate of drug-likeness (QED) is 0.763. The van der Waals surface area contributed by atoms with Crippen LogP contribution in [0.15, 0.2) is 12.1 Å². The summed E-state index contributed by atoms with van der Waals surface area (Å²) < 4.78 is 15.9. The number of rotatable bonds is 6. The van der Waals surface area contributed by atoms with E-state index in [0.717, 1.165) is 30.0 Å². The molecule has 1 aromatic heterocycles. The Balaban J connectivity index is 1.97. The first-order chi connectivity index (χ1) is 13.4. The van der Waals surface area contributed by atoms with Gasteiger partial charge in [0.2, 0.25) is 5.75 Å². The number of hydrogen-bond donors (Lipinski definition) is 2. The zero-order valence-corrected chi connectivity index (χ0v) is 17.1.